The summed E-state index contributed by atoms with van der Waals surface area (Å²) in [4.78, 5) is 53.4. The molecule has 0 unspecified atom stereocenters. The van der Waals surface area contributed by atoms with Crippen LogP contribution in [0.1, 0.15) is 45.6 Å². The highest BCUT2D eigenvalue weighted by atomic mass is 16.6. The van der Waals surface area contributed by atoms with Crippen molar-refractivity contribution in [2.24, 2.45) is 16.2 Å². The number of nitrogens with one attached hydrogen (secondary N) is 1. The van der Waals surface area contributed by atoms with E-state index in [2.05, 4.69) is 31.0 Å². The summed E-state index contributed by atoms with van der Waals surface area (Å²) in [6, 6.07) is 3.67. The first kappa shape index (κ1) is 20.0. The van der Waals surface area contributed by atoms with Crippen LogP contribution in [-0.2, 0) is 16.0 Å². The van der Waals surface area contributed by atoms with Crippen molar-refractivity contribution < 1.29 is 19.3 Å². The number of carbonyl (C=O) groups is 3. The zero-order valence-corrected chi connectivity index (χ0v) is 18.1. The second-order valence-corrected chi connectivity index (χ2v) is 10.7. The minimum Gasteiger partial charge on any atom is -0.363 e. The topological polar surface area (TPSA) is 113 Å². The Hall–Kier alpha value is -2.97. The number of imide groups is 2. The van der Waals surface area contributed by atoms with Gasteiger partial charge in [-0.05, 0) is 41.7 Å². The molecule has 164 valence electrons. The van der Waals surface area contributed by atoms with Crippen LogP contribution in [0.4, 0.5) is 16.2 Å². The summed E-state index contributed by atoms with van der Waals surface area (Å²) >= 11 is 0. The SMILES string of the molecule is CN1C(=O)NC(=O)[C@@]2(Cc3cc([N+](=O)[O-])ccc3N3[C@@H]4CC(C)(C)C[C@@](C)(C4)[C@H]32)C1=O. The lowest BCUT2D eigenvalue weighted by molar-refractivity contribution is -0.384. The third kappa shape index (κ3) is 2.46. The standard InChI is InChI=1S/C22H26N4O5/c1-20(2)9-14-10-21(3,11-20)16-22(17(27)23-19(29)24(4)18(22)28)8-12-7-13(26(30)31)5-6-15(12)25(14)16/h5-7,14,16H,8-11H2,1-4H3,(H,23,27,29)/t14-,16+,21-,22+/m1/s1. The molecule has 3 heterocycles. The van der Waals surface area contributed by atoms with Gasteiger partial charge in [0.15, 0.2) is 5.41 Å². The van der Waals surface area contributed by atoms with Crippen molar-refractivity contribution in [2.75, 3.05) is 11.9 Å². The van der Waals surface area contributed by atoms with Gasteiger partial charge in [0.25, 0.3) is 5.69 Å². The van der Waals surface area contributed by atoms with Crippen LogP contribution in [0.2, 0.25) is 0 Å². The predicted molar refractivity (Wildman–Crippen MR) is 111 cm³/mol. The van der Waals surface area contributed by atoms with Crippen molar-refractivity contribution in [1.82, 2.24) is 10.2 Å². The van der Waals surface area contributed by atoms with Crippen LogP contribution in [0.5, 0.6) is 0 Å². The average molecular weight is 426 g/mol. The minimum absolute atomic E-state index is 0.0209. The lowest BCUT2D eigenvalue weighted by Crippen LogP contribution is -2.72. The van der Waals surface area contributed by atoms with Gasteiger partial charge >= 0.3 is 6.03 Å². The fourth-order valence-electron chi connectivity index (χ4n) is 7.26. The second-order valence-electron chi connectivity index (χ2n) is 10.7. The van der Waals surface area contributed by atoms with Gasteiger partial charge in [0.05, 0.1) is 11.0 Å². The van der Waals surface area contributed by atoms with Gasteiger partial charge in [-0.3, -0.25) is 29.9 Å². The van der Waals surface area contributed by atoms with Crippen molar-refractivity contribution in [3.8, 4) is 0 Å². The Morgan fingerprint density at radius 3 is 2.55 bits per heavy atom. The van der Waals surface area contributed by atoms with E-state index in [-0.39, 0.29) is 29.0 Å². The highest BCUT2D eigenvalue weighted by Gasteiger charge is 2.71. The molecule has 4 atom stereocenters. The van der Waals surface area contributed by atoms with Crippen molar-refractivity contribution in [2.45, 2.75) is 58.5 Å². The average Bonchev–Trinajstić information content (AvgIpc) is 2.90. The largest absolute Gasteiger partial charge is 0.363 e. The number of fused-ring (bicyclic) bond motifs is 8. The third-order valence-corrected chi connectivity index (χ3v) is 7.81. The Bertz CT molecular complexity index is 1070. The molecule has 9 heteroatoms. The van der Waals surface area contributed by atoms with E-state index in [9.17, 15) is 24.5 Å². The van der Waals surface area contributed by atoms with E-state index in [1.807, 2.05) is 0 Å². The number of urea groups is 1. The Kier molecular flexibility index (Phi) is 3.76. The number of amides is 4. The summed E-state index contributed by atoms with van der Waals surface area (Å²) in [5.74, 6) is -1.13. The first-order valence-electron chi connectivity index (χ1n) is 10.6. The Morgan fingerprint density at radius 2 is 1.87 bits per heavy atom. The molecule has 1 aromatic rings. The van der Waals surface area contributed by atoms with E-state index in [1.54, 1.807) is 6.07 Å². The molecular formula is C22H26N4O5. The molecule has 2 bridgehead atoms. The molecule has 1 aromatic carbocycles. The fourth-order valence-corrected chi connectivity index (χ4v) is 7.26. The monoisotopic (exact) mass is 426 g/mol. The van der Waals surface area contributed by atoms with Gasteiger partial charge < -0.3 is 4.90 Å². The maximum atomic E-state index is 13.7. The van der Waals surface area contributed by atoms with Crippen LogP contribution in [0.3, 0.4) is 0 Å². The van der Waals surface area contributed by atoms with E-state index in [1.165, 1.54) is 19.2 Å². The molecule has 5 rings (SSSR count). The Balaban J connectivity index is 1.78. The van der Waals surface area contributed by atoms with Gasteiger partial charge in [-0.15, -0.1) is 0 Å². The summed E-state index contributed by atoms with van der Waals surface area (Å²) in [5, 5.41) is 13.8. The Morgan fingerprint density at radius 1 is 1.16 bits per heavy atom. The van der Waals surface area contributed by atoms with Crippen LogP contribution in [0, 0.1) is 26.4 Å². The number of hydrogen-bond acceptors (Lipinski definition) is 6. The zero-order chi connectivity index (χ0) is 22.5. The van der Waals surface area contributed by atoms with Gasteiger partial charge in [-0.25, -0.2) is 4.79 Å². The van der Waals surface area contributed by atoms with Crippen molar-refractivity contribution >= 4 is 29.2 Å². The molecule has 1 N–H and O–H groups in total. The van der Waals surface area contributed by atoms with E-state index in [4.69, 9.17) is 0 Å². The molecular weight excluding hydrogens is 400 g/mol. The van der Waals surface area contributed by atoms with Gasteiger partial charge in [-0.2, -0.15) is 0 Å². The van der Waals surface area contributed by atoms with E-state index in [0.717, 1.165) is 29.8 Å². The maximum Gasteiger partial charge on any atom is 0.330 e. The fraction of sp³-hybridized carbons (Fsp3) is 0.591. The highest BCUT2D eigenvalue weighted by molar-refractivity contribution is 6.20. The maximum absolute atomic E-state index is 13.7. The molecule has 0 aromatic heterocycles. The van der Waals surface area contributed by atoms with Crippen LogP contribution in [0.25, 0.3) is 0 Å². The number of hydrogen-bond donors (Lipinski definition) is 1. The van der Waals surface area contributed by atoms with Crippen molar-refractivity contribution in [3.05, 3.63) is 33.9 Å². The summed E-state index contributed by atoms with van der Waals surface area (Å²) in [7, 11) is 1.38. The Labute approximate surface area is 179 Å². The lowest BCUT2D eigenvalue weighted by atomic mass is 9.56. The van der Waals surface area contributed by atoms with Crippen LogP contribution >= 0.6 is 0 Å². The first-order chi connectivity index (χ1) is 14.4. The number of benzene rings is 1. The number of nitrogens with zero attached hydrogens (tertiary/aromatic N) is 3. The first-order valence-corrected chi connectivity index (χ1v) is 10.6. The molecule has 9 nitrogen and oxygen atoms in total. The molecule has 3 fully saturated rings. The molecule has 1 spiro atoms. The van der Waals surface area contributed by atoms with Crippen molar-refractivity contribution in [3.63, 3.8) is 0 Å². The summed E-state index contributed by atoms with van der Waals surface area (Å²) in [6.45, 7) is 6.55. The molecule has 4 aliphatic rings. The molecule has 0 radical (unpaired) electrons. The van der Waals surface area contributed by atoms with E-state index < -0.39 is 34.2 Å². The smallest absolute Gasteiger partial charge is 0.330 e. The second kappa shape index (κ2) is 5.83. The number of nitro benzene ring substituents is 1. The molecule has 3 aliphatic heterocycles. The summed E-state index contributed by atoms with van der Waals surface area (Å²) < 4.78 is 0. The molecule has 2 saturated heterocycles. The van der Waals surface area contributed by atoms with Gasteiger partial charge in [0.2, 0.25) is 11.8 Å². The van der Waals surface area contributed by atoms with E-state index in [0.29, 0.717) is 5.56 Å². The van der Waals surface area contributed by atoms with Crippen LogP contribution in [0.15, 0.2) is 18.2 Å². The quantitative estimate of drug-likeness (QED) is 0.420. The van der Waals surface area contributed by atoms with Gasteiger partial charge in [0.1, 0.15) is 0 Å². The number of anilines is 1. The number of barbiturate groups is 1. The van der Waals surface area contributed by atoms with Crippen LogP contribution in [-0.4, -0.2) is 46.8 Å². The zero-order valence-electron chi connectivity index (χ0n) is 18.1. The third-order valence-electron chi connectivity index (χ3n) is 7.81. The van der Waals surface area contributed by atoms with Gasteiger partial charge in [0, 0.05) is 37.3 Å². The number of non-ortho nitro benzene ring substituents is 1. The highest BCUT2D eigenvalue weighted by Crippen LogP contribution is 2.64. The molecule has 1 saturated carbocycles. The minimum atomic E-state index is -1.51. The molecule has 4 amide bonds. The lowest BCUT2D eigenvalue weighted by Gasteiger charge is -2.53. The summed E-state index contributed by atoms with van der Waals surface area (Å²) in [6.07, 6.45) is 2.61. The van der Waals surface area contributed by atoms with Crippen molar-refractivity contribution in [1.29, 1.82) is 0 Å². The number of carbonyl (C=O) groups excluding carboxylic acids is 3. The number of nitro groups is 1. The molecule has 1 aliphatic carbocycles. The van der Waals surface area contributed by atoms with Crippen LogP contribution < -0.4 is 10.2 Å². The van der Waals surface area contributed by atoms with E-state index >= 15 is 0 Å². The normalized spacial score (nSPS) is 35.7. The summed E-state index contributed by atoms with van der Waals surface area (Å²) in [5.41, 5.74) is -0.422. The molecule has 31 heavy (non-hydrogen) atoms. The van der Waals surface area contributed by atoms with Gasteiger partial charge in [-0.1, -0.05) is 20.8 Å². The number of rotatable bonds is 1. The predicted octanol–water partition coefficient (Wildman–Crippen LogP) is 2.62.